The first-order valence-electron chi connectivity index (χ1n) is 10.8. The molecule has 0 amide bonds. The van der Waals surface area contributed by atoms with Gasteiger partial charge in [0.2, 0.25) is 0 Å². The van der Waals surface area contributed by atoms with Gasteiger partial charge in [-0.3, -0.25) is 4.98 Å². The average molecular weight is 432 g/mol. The Labute approximate surface area is 188 Å². The quantitative estimate of drug-likeness (QED) is 0.331. The van der Waals surface area contributed by atoms with Crippen LogP contribution in [0.4, 0.5) is 0 Å². The molecule has 7 nitrogen and oxygen atoms in total. The number of nitrogens with one attached hydrogen (secondary N) is 1. The van der Waals surface area contributed by atoms with Gasteiger partial charge in [0.25, 0.3) is 0 Å². The predicted molar refractivity (Wildman–Crippen MR) is 126 cm³/mol. The summed E-state index contributed by atoms with van der Waals surface area (Å²) in [4.78, 5) is 19.4. The van der Waals surface area contributed by atoms with Gasteiger partial charge < -0.3 is 15.4 Å². The van der Waals surface area contributed by atoms with E-state index in [9.17, 15) is 0 Å². The van der Waals surface area contributed by atoms with Crippen molar-refractivity contribution in [1.82, 2.24) is 15.0 Å². The zero-order valence-electron chi connectivity index (χ0n) is 18.6. The van der Waals surface area contributed by atoms with Gasteiger partial charge in [-0.15, -0.1) is 0 Å². The van der Waals surface area contributed by atoms with Crippen molar-refractivity contribution in [2.75, 3.05) is 13.7 Å². The zero-order chi connectivity index (χ0) is 22.8. The average Bonchev–Trinajstić information content (AvgIpc) is 2.85. The van der Waals surface area contributed by atoms with Crippen molar-refractivity contribution in [1.29, 1.82) is 5.41 Å². The van der Waals surface area contributed by atoms with Crippen LogP contribution in [0.15, 0.2) is 59.9 Å². The van der Waals surface area contributed by atoms with E-state index in [1.807, 2.05) is 54.7 Å². The summed E-state index contributed by atoms with van der Waals surface area (Å²) in [5.74, 6) is 0.719. The molecule has 0 fully saturated rings. The number of oxime groups is 1. The second-order valence-corrected chi connectivity index (χ2v) is 7.40. The lowest BCUT2D eigenvalue weighted by molar-refractivity contribution is 0.141. The number of aryl methyl sites for hydroxylation is 2. The molecule has 0 spiro atoms. The molecular formula is C25H29N5O2. The molecule has 0 bridgehead atoms. The minimum Gasteiger partial charge on any atom is -0.400 e. The van der Waals surface area contributed by atoms with E-state index in [2.05, 4.69) is 15.1 Å². The van der Waals surface area contributed by atoms with Gasteiger partial charge in [-0.05, 0) is 56.7 Å². The number of aromatic nitrogens is 3. The molecule has 1 aromatic carbocycles. The number of nitrogens with zero attached hydrogens (tertiary/aromatic N) is 4. The molecule has 0 saturated heterocycles. The molecule has 1 aliphatic rings. The molecule has 0 radical (unpaired) electrons. The van der Waals surface area contributed by atoms with Crippen LogP contribution in [-0.2, 0) is 17.7 Å². The molecule has 2 aromatic heterocycles. The summed E-state index contributed by atoms with van der Waals surface area (Å²) in [6, 6.07) is 15.8. The van der Waals surface area contributed by atoms with Crippen LogP contribution in [0.25, 0.3) is 11.4 Å². The molecule has 7 heteroatoms. The minimum absolute atomic E-state index is 0.479. The molecule has 4 rings (SSSR count). The molecule has 32 heavy (non-hydrogen) atoms. The Morgan fingerprint density at radius 2 is 1.88 bits per heavy atom. The van der Waals surface area contributed by atoms with E-state index in [0.29, 0.717) is 12.3 Å². The number of hydrogen-bond acceptors (Lipinski definition) is 7. The van der Waals surface area contributed by atoms with Crippen molar-refractivity contribution >= 4 is 11.4 Å². The Morgan fingerprint density at radius 1 is 1.06 bits per heavy atom. The number of hydrogen-bond donors (Lipinski definition) is 2. The Morgan fingerprint density at radius 3 is 2.66 bits per heavy atom. The Hall–Kier alpha value is -3.45. The third-order valence-electron chi connectivity index (χ3n) is 5.06. The van der Waals surface area contributed by atoms with Gasteiger partial charge in [0.05, 0.1) is 17.1 Å². The molecule has 1 aliphatic carbocycles. The fourth-order valence-corrected chi connectivity index (χ4v) is 3.49. The summed E-state index contributed by atoms with van der Waals surface area (Å²) in [6.07, 6.45) is 6.39. The van der Waals surface area contributed by atoms with Crippen LogP contribution in [-0.4, -0.2) is 45.2 Å². The lowest BCUT2D eigenvalue weighted by atomic mass is 9.95. The number of benzene rings is 1. The smallest absolute Gasteiger partial charge is 0.159 e. The van der Waals surface area contributed by atoms with Crippen molar-refractivity contribution < 1.29 is 9.94 Å². The highest BCUT2D eigenvalue weighted by Crippen LogP contribution is 2.23. The van der Waals surface area contributed by atoms with Crippen LogP contribution in [0.1, 0.15) is 48.8 Å². The molecule has 2 N–H and O–H groups in total. The summed E-state index contributed by atoms with van der Waals surface area (Å²) in [7, 11) is 1.00. The van der Waals surface area contributed by atoms with Crippen molar-refractivity contribution in [3.63, 3.8) is 0 Å². The van der Waals surface area contributed by atoms with E-state index < -0.39 is 0 Å². The molecule has 0 atom stereocenters. The molecule has 0 aliphatic heterocycles. The Balaban J connectivity index is 0.00000141. The van der Waals surface area contributed by atoms with Crippen LogP contribution < -0.4 is 0 Å². The maximum atomic E-state index is 7.70. The second-order valence-electron chi connectivity index (χ2n) is 7.40. The normalized spacial score (nSPS) is 13.7. The standard InChI is InChI=1S/C24H25N5O.CH4O/c1-17(25)21-13-6-11-20(27-21)12-7-15-30-29-22-14-5-10-19-16-26-24(28-23(19)22)18-8-3-2-4-9-18;1-2/h2-4,6,8-9,11,13,16,25H,5,7,10,12,14-15H2,1H3;2H,1H3/b25-17?,29-22+;. The Bertz CT molecular complexity index is 1070. The molecule has 0 unspecified atom stereocenters. The first kappa shape index (κ1) is 23.2. The van der Waals surface area contributed by atoms with Gasteiger partial charge in [-0.1, -0.05) is 41.6 Å². The van der Waals surface area contributed by atoms with Gasteiger partial charge in [0.1, 0.15) is 12.3 Å². The number of aliphatic hydroxyl groups excluding tert-OH is 1. The van der Waals surface area contributed by atoms with E-state index in [0.717, 1.165) is 79.0 Å². The topological polar surface area (TPSA) is 104 Å². The van der Waals surface area contributed by atoms with E-state index >= 15 is 0 Å². The van der Waals surface area contributed by atoms with E-state index in [4.69, 9.17) is 20.3 Å². The first-order valence-corrected chi connectivity index (χ1v) is 10.8. The van der Waals surface area contributed by atoms with E-state index in [1.165, 1.54) is 0 Å². The summed E-state index contributed by atoms with van der Waals surface area (Å²) >= 11 is 0. The maximum Gasteiger partial charge on any atom is 0.159 e. The number of fused-ring (bicyclic) bond motifs is 1. The van der Waals surface area contributed by atoms with Gasteiger partial charge in [0.15, 0.2) is 5.82 Å². The summed E-state index contributed by atoms with van der Waals surface area (Å²) in [5.41, 5.74) is 6.11. The van der Waals surface area contributed by atoms with Crippen LogP contribution in [0.2, 0.25) is 0 Å². The highest BCUT2D eigenvalue weighted by molar-refractivity contribution is 6.00. The fraction of sp³-hybridized carbons (Fsp3) is 0.320. The van der Waals surface area contributed by atoms with Crippen molar-refractivity contribution in [2.24, 2.45) is 5.16 Å². The number of pyridine rings is 1. The van der Waals surface area contributed by atoms with Crippen molar-refractivity contribution in [3.05, 3.63) is 77.4 Å². The zero-order valence-corrected chi connectivity index (χ0v) is 18.6. The summed E-state index contributed by atoms with van der Waals surface area (Å²) in [6.45, 7) is 2.27. The monoisotopic (exact) mass is 431 g/mol. The molecular weight excluding hydrogens is 402 g/mol. The van der Waals surface area contributed by atoms with Crippen molar-refractivity contribution in [3.8, 4) is 11.4 Å². The summed E-state index contributed by atoms with van der Waals surface area (Å²) < 4.78 is 0. The fourth-order valence-electron chi connectivity index (χ4n) is 3.49. The van der Waals surface area contributed by atoms with Gasteiger partial charge >= 0.3 is 0 Å². The van der Waals surface area contributed by atoms with E-state index in [1.54, 1.807) is 6.92 Å². The SMILES string of the molecule is CC(=N)c1cccc(CCCO/N=C2\CCCc3cnc(-c4ccccc4)nc32)n1.CO. The molecule has 166 valence electrons. The van der Waals surface area contributed by atoms with Crippen molar-refractivity contribution in [2.45, 2.75) is 39.0 Å². The largest absolute Gasteiger partial charge is 0.400 e. The number of rotatable bonds is 7. The molecule has 0 saturated carbocycles. The number of aliphatic hydroxyl groups is 1. The highest BCUT2D eigenvalue weighted by Gasteiger charge is 2.19. The lowest BCUT2D eigenvalue weighted by Gasteiger charge is -2.17. The molecule has 2 heterocycles. The first-order chi connectivity index (χ1) is 15.7. The highest BCUT2D eigenvalue weighted by atomic mass is 16.6. The maximum absolute atomic E-state index is 7.70. The minimum atomic E-state index is 0.479. The third-order valence-corrected chi connectivity index (χ3v) is 5.06. The Kier molecular flexibility index (Phi) is 8.57. The van der Waals surface area contributed by atoms with Crippen LogP contribution in [0, 0.1) is 5.41 Å². The third kappa shape index (κ3) is 6.04. The molecule has 3 aromatic rings. The van der Waals surface area contributed by atoms with Crippen LogP contribution >= 0.6 is 0 Å². The van der Waals surface area contributed by atoms with Gasteiger partial charge in [0, 0.05) is 24.6 Å². The predicted octanol–water partition coefficient (Wildman–Crippen LogP) is 4.22. The lowest BCUT2D eigenvalue weighted by Crippen LogP contribution is -2.16. The summed E-state index contributed by atoms with van der Waals surface area (Å²) in [5, 5.41) is 19.1. The van der Waals surface area contributed by atoms with E-state index in [-0.39, 0.29) is 0 Å². The van der Waals surface area contributed by atoms with Gasteiger partial charge in [-0.25, -0.2) is 9.97 Å². The van der Waals surface area contributed by atoms with Crippen LogP contribution in [0.5, 0.6) is 0 Å². The second kappa shape index (κ2) is 11.8. The van der Waals surface area contributed by atoms with Gasteiger partial charge in [-0.2, -0.15) is 0 Å². The van der Waals surface area contributed by atoms with Crippen LogP contribution in [0.3, 0.4) is 0 Å².